The van der Waals surface area contributed by atoms with Crippen molar-refractivity contribution in [3.63, 3.8) is 0 Å². The minimum atomic E-state index is -4.36. The summed E-state index contributed by atoms with van der Waals surface area (Å²) in [6.07, 6.45) is -3.42. The fourth-order valence-electron chi connectivity index (χ4n) is 3.81. The Labute approximate surface area is 162 Å². The molecule has 1 fully saturated rings. The zero-order chi connectivity index (χ0) is 19.6. The van der Waals surface area contributed by atoms with Gasteiger partial charge >= 0.3 is 6.18 Å². The Morgan fingerprint density at radius 2 is 1.79 bits per heavy atom. The van der Waals surface area contributed by atoms with Gasteiger partial charge in [-0.15, -0.1) is 0 Å². The van der Waals surface area contributed by atoms with Crippen LogP contribution in [0.1, 0.15) is 29.3 Å². The molecule has 0 bridgehead atoms. The van der Waals surface area contributed by atoms with Gasteiger partial charge in [0.05, 0.1) is 22.8 Å². The van der Waals surface area contributed by atoms with Crippen molar-refractivity contribution in [2.45, 2.75) is 18.6 Å². The van der Waals surface area contributed by atoms with E-state index in [2.05, 4.69) is 10.2 Å². The molecular weight excluding hydrogens is 363 g/mol. The molecule has 2 heterocycles. The van der Waals surface area contributed by atoms with Crippen LogP contribution in [0.4, 0.5) is 13.2 Å². The van der Waals surface area contributed by atoms with E-state index >= 15 is 0 Å². The van der Waals surface area contributed by atoms with Gasteiger partial charge in [0.2, 0.25) is 0 Å². The monoisotopic (exact) mass is 385 g/mol. The van der Waals surface area contributed by atoms with Gasteiger partial charge in [0.25, 0.3) is 0 Å². The zero-order valence-electron chi connectivity index (χ0n) is 15.4. The Hall–Kier alpha value is -2.44. The maximum absolute atomic E-state index is 13.3. The van der Waals surface area contributed by atoms with E-state index in [-0.39, 0.29) is 6.04 Å². The number of aromatic nitrogens is 1. The van der Waals surface area contributed by atoms with E-state index in [1.165, 1.54) is 12.1 Å². The van der Waals surface area contributed by atoms with Gasteiger partial charge in [-0.05, 0) is 42.8 Å². The molecule has 0 amide bonds. The molecule has 1 atom stereocenters. The third kappa shape index (κ3) is 4.03. The first-order chi connectivity index (χ1) is 13.5. The second kappa shape index (κ2) is 7.89. The number of benzene rings is 2. The van der Waals surface area contributed by atoms with Crippen molar-refractivity contribution in [1.29, 1.82) is 0 Å². The standard InChI is InChI=1S/C22H22F3N3/c23-22(24,25)18-7-3-6-17(15-18)21(28-13-4-11-26-12-14-28)20-10-9-16-5-1-2-8-19(16)27-20/h1-3,5-10,15,21,26H,4,11-14H2. The minimum Gasteiger partial charge on any atom is -0.315 e. The van der Waals surface area contributed by atoms with Gasteiger partial charge in [-0.25, -0.2) is 0 Å². The molecule has 1 aliphatic heterocycles. The summed E-state index contributed by atoms with van der Waals surface area (Å²) in [6.45, 7) is 3.29. The Morgan fingerprint density at radius 3 is 2.64 bits per heavy atom. The summed E-state index contributed by atoms with van der Waals surface area (Å²) in [5.41, 5.74) is 1.63. The Balaban J connectivity index is 1.81. The normalized spacial score (nSPS) is 17.4. The first kappa shape index (κ1) is 18.9. The van der Waals surface area contributed by atoms with Gasteiger partial charge in [-0.1, -0.05) is 36.4 Å². The lowest BCUT2D eigenvalue weighted by molar-refractivity contribution is -0.137. The number of rotatable bonds is 3. The van der Waals surface area contributed by atoms with Crippen LogP contribution in [0.15, 0.2) is 60.7 Å². The van der Waals surface area contributed by atoms with Crippen molar-refractivity contribution in [2.24, 2.45) is 0 Å². The van der Waals surface area contributed by atoms with E-state index in [4.69, 9.17) is 4.98 Å². The number of hydrogen-bond donors (Lipinski definition) is 1. The smallest absolute Gasteiger partial charge is 0.315 e. The van der Waals surface area contributed by atoms with E-state index in [0.29, 0.717) is 5.56 Å². The molecule has 6 heteroatoms. The average molecular weight is 385 g/mol. The number of nitrogens with one attached hydrogen (secondary N) is 1. The summed E-state index contributed by atoms with van der Waals surface area (Å²) in [7, 11) is 0. The van der Waals surface area contributed by atoms with Crippen molar-refractivity contribution < 1.29 is 13.2 Å². The van der Waals surface area contributed by atoms with Gasteiger partial charge in [0.1, 0.15) is 0 Å². The maximum Gasteiger partial charge on any atom is 0.416 e. The predicted molar refractivity (Wildman–Crippen MR) is 104 cm³/mol. The van der Waals surface area contributed by atoms with E-state index < -0.39 is 11.7 Å². The Morgan fingerprint density at radius 1 is 0.929 bits per heavy atom. The van der Waals surface area contributed by atoms with Crippen LogP contribution < -0.4 is 5.32 Å². The Bertz CT molecular complexity index is 947. The highest BCUT2D eigenvalue weighted by molar-refractivity contribution is 5.78. The predicted octanol–water partition coefficient (Wildman–Crippen LogP) is 4.64. The van der Waals surface area contributed by atoms with Crippen LogP contribution in [0.3, 0.4) is 0 Å². The van der Waals surface area contributed by atoms with Gasteiger partial charge < -0.3 is 5.32 Å². The number of fused-ring (bicyclic) bond motifs is 1. The highest BCUT2D eigenvalue weighted by Gasteiger charge is 2.32. The summed E-state index contributed by atoms with van der Waals surface area (Å²) in [6, 6.07) is 17.1. The Kier molecular flexibility index (Phi) is 5.33. The topological polar surface area (TPSA) is 28.2 Å². The zero-order valence-corrected chi connectivity index (χ0v) is 15.4. The molecule has 1 saturated heterocycles. The van der Waals surface area contributed by atoms with Crippen molar-refractivity contribution in [2.75, 3.05) is 26.2 Å². The number of pyridine rings is 1. The lowest BCUT2D eigenvalue weighted by atomic mass is 9.98. The molecule has 2 aromatic carbocycles. The van der Waals surface area contributed by atoms with Crippen LogP contribution in [-0.2, 0) is 6.18 Å². The lowest BCUT2D eigenvalue weighted by Crippen LogP contribution is -2.33. The highest BCUT2D eigenvalue weighted by Crippen LogP contribution is 2.34. The first-order valence-corrected chi connectivity index (χ1v) is 9.50. The molecule has 1 aliphatic rings. The van der Waals surface area contributed by atoms with Gasteiger partial charge in [0.15, 0.2) is 0 Å². The van der Waals surface area contributed by atoms with Crippen LogP contribution in [0.25, 0.3) is 10.9 Å². The van der Waals surface area contributed by atoms with Crippen molar-refractivity contribution >= 4 is 10.9 Å². The molecule has 4 rings (SSSR count). The molecule has 1 aromatic heterocycles. The van der Waals surface area contributed by atoms with E-state index in [1.807, 2.05) is 36.4 Å². The fourth-order valence-corrected chi connectivity index (χ4v) is 3.81. The second-order valence-electron chi connectivity index (χ2n) is 7.09. The number of nitrogens with zero attached hydrogens (tertiary/aromatic N) is 2. The van der Waals surface area contributed by atoms with Crippen LogP contribution in [-0.4, -0.2) is 36.1 Å². The van der Waals surface area contributed by atoms with E-state index in [1.54, 1.807) is 6.07 Å². The lowest BCUT2D eigenvalue weighted by Gasteiger charge is -2.31. The average Bonchev–Trinajstić information content (AvgIpc) is 2.97. The summed E-state index contributed by atoms with van der Waals surface area (Å²) < 4.78 is 39.9. The number of halogens is 3. The van der Waals surface area contributed by atoms with E-state index in [0.717, 1.165) is 55.3 Å². The number of alkyl halides is 3. The molecule has 0 saturated carbocycles. The van der Waals surface area contributed by atoms with Crippen molar-refractivity contribution in [3.05, 3.63) is 77.5 Å². The molecule has 0 aliphatic carbocycles. The van der Waals surface area contributed by atoms with Crippen LogP contribution in [0, 0.1) is 0 Å². The number of hydrogen-bond acceptors (Lipinski definition) is 3. The van der Waals surface area contributed by atoms with E-state index in [9.17, 15) is 13.2 Å². The molecule has 3 nitrogen and oxygen atoms in total. The van der Waals surface area contributed by atoms with Crippen LogP contribution >= 0.6 is 0 Å². The molecule has 1 N–H and O–H groups in total. The van der Waals surface area contributed by atoms with Crippen LogP contribution in [0.5, 0.6) is 0 Å². The largest absolute Gasteiger partial charge is 0.416 e. The molecule has 1 unspecified atom stereocenters. The van der Waals surface area contributed by atoms with Gasteiger partial charge in [-0.2, -0.15) is 13.2 Å². The quantitative estimate of drug-likeness (QED) is 0.712. The molecule has 0 spiro atoms. The van der Waals surface area contributed by atoms with Gasteiger partial charge in [0, 0.05) is 25.0 Å². The third-order valence-electron chi connectivity index (χ3n) is 5.17. The van der Waals surface area contributed by atoms with Crippen molar-refractivity contribution in [3.8, 4) is 0 Å². The first-order valence-electron chi connectivity index (χ1n) is 9.50. The second-order valence-corrected chi connectivity index (χ2v) is 7.09. The summed E-state index contributed by atoms with van der Waals surface area (Å²) >= 11 is 0. The van der Waals surface area contributed by atoms with Crippen LogP contribution in [0.2, 0.25) is 0 Å². The molecule has 3 aromatic rings. The van der Waals surface area contributed by atoms with Crippen molar-refractivity contribution in [1.82, 2.24) is 15.2 Å². The molecular formula is C22H22F3N3. The summed E-state index contributed by atoms with van der Waals surface area (Å²) in [5, 5.41) is 4.38. The minimum absolute atomic E-state index is 0.313. The molecule has 146 valence electrons. The summed E-state index contributed by atoms with van der Waals surface area (Å²) in [4.78, 5) is 7.04. The maximum atomic E-state index is 13.3. The summed E-state index contributed by atoms with van der Waals surface area (Å²) in [5.74, 6) is 0. The molecule has 0 radical (unpaired) electrons. The SMILES string of the molecule is FC(F)(F)c1cccc(C(c2ccc3ccccc3n2)N2CCCNCC2)c1. The number of para-hydroxylation sites is 1. The third-order valence-corrected chi connectivity index (χ3v) is 5.17. The molecule has 28 heavy (non-hydrogen) atoms. The van der Waals surface area contributed by atoms with Gasteiger partial charge in [-0.3, -0.25) is 9.88 Å². The fraction of sp³-hybridized carbons (Fsp3) is 0.318. The highest BCUT2D eigenvalue weighted by atomic mass is 19.4.